The molecule has 2 N–H and O–H groups in total. The molecule has 1 aromatic heterocycles. The van der Waals surface area contributed by atoms with E-state index in [9.17, 15) is 9.90 Å². The molecule has 1 amide bonds. The minimum absolute atomic E-state index is 0.0363. The third-order valence-corrected chi connectivity index (χ3v) is 6.48. The normalized spacial score (nSPS) is 19.3. The van der Waals surface area contributed by atoms with E-state index >= 15 is 0 Å². The summed E-state index contributed by atoms with van der Waals surface area (Å²) in [7, 11) is 0. The molecule has 166 valence electrons. The fourth-order valence-electron chi connectivity index (χ4n) is 4.67. The zero-order valence-electron chi connectivity index (χ0n) is 18.4. The van der Waals surface area contributed by atoms with Crippen LogP contribution in [0.3, 0.4) is 0 Å². The number of piperazine rings is 1. The predicted octanol–water partition coefficient (Wildman–Crippen LogP) is 3.10. The molecule has 7 heteroatoms. The number of phenolic OH excluding ortho intramolecular Hbond substituents is 1. The molecule has 32 heavy (non-hydrogen) atoms. The Bertz CT molecular complexity index is 1130. The first-order chi connectivity index (χ1) is 15.6. The molecule has 0 bridgehead atoms. The largest absolute Gasteiger partial charge is 0.507 e. The topological polar surface area (TPSA) is 81.6 Å². The van der Waals surface area contributed by atoms with Crippen molar-refractivity contribution in [2.75, 3.05) is 37.6 Å². The lowest BCUT2D eigenvalue weighted by Crippen LogP contribution is -2.55. The van der Waals surface area contributed by atoms with E-state index in [0.29, 0.717) is 24.5 Å². The molecule has 3 heterocycles. The Labute approximate surface area is 188 Å². The number of nitrogens with zero attached hydrogens (tertiary/aromatic N) is 4. The first-order valence-corrected chi connectivity index (χ1v) is 11.4. The van der Waals surface area contributed by atoms with Crippen LogP contribution in [0.25, 0.3) is 22.3 Å². The van der Waals surface area contributed by atoms with Crippen molar-refractivity contribution in [1.82, 2.24) is 20.2 Å². The highest BCUT2D eigenvalue weighted by Gasteiger charge is 2.29. The molecule has 3 aromatic rings. The van der Waals surface area contributed by atoms with Crippen molar-refractivity contribution in [1.29, 1.82) is 0 Å². The van der Waals surface area contributed by atoms with Gasteiger partial charge in [0.2, 0.25) is 5.91 Å². The van der Waals surface area contributed by atoms with Crippen molar-refractivity contribution in [2.24, 2.45) is 0 Å². The highest BCUT2D eigenvalue weighted by molar-refractivity contribution is 5.92. The van der Waals surface area contributed by atoms with Gasteiger partial charge in [0.15, 0.2) is 5.82 Å². The third-order valence-electron chi connectivity index (χ3n) is 6.48. The monoisotopic (exact) mass is 431 g/mol. The molecule has 1 atom stereocenters. The van der Waals surface area contributed by atoms with Crippen LogP contribution in [0.1, 0.15) is 24.8 Å². The number of para-hydroxylation sites is 1. The maximum atomic E-state index is 12.9. The number of aromatic nitrogens is 2. The van der Waals surface area contributed by atoms with E-state index in [2.05, 4.69) is 28.4 Å². The van der Waals surface area contributed by atoms with Crippen LogP contribution in [0.15, 0.2) is 42.5 Å². The maximum absolute atomic E-state index is 12.9. The smallest absolute Gasteiger partial charge is 0.239 e. The molecule has 2 aromatic carbocycles. The summed E-state index contributed by atoms with van der Waals surface area (Å²) in [6.07, 6.45) is 3.20. The summed E-state index contributed by atoms with van der Waals surface area (Å²) >= 11 is 0. The average molecular weight is 432 g/mol. The summed E-state index contributed by atoms with van der Waals surface area (Å²) in [5.74, 6) is 1.76. The average Bonchev–Trinajstić information content (AvgIpc) is 2.83. The van der Waals surface area contributed by atoms with Gasteiger partial charge in [-0.1, -0.05) is 24.6 Å². The summed E-state index contributed by atoms with van der Waals surface area (Å²) in [6, 6.07) is 13.3. The number of carbonyl (C=O) groups is 1. The zero-order valence-corrected chi connectivity index (χ0v) is 18.4. The van der Waals surface area contributed by atoms with E-state index in [-0.39, 0.29) is 17.7 Å². The molecule has 0 saturated carbocycles. The second kappa shape index (κ2) is 8.74. The molecular weight excluding hydrogens is 402 g/mol. The molecule has 2 aliphatic heterocycles. The number of nitrogens with one attached hydrogen (secondary N) is 1. The lowest BCUT2D eigenvalue weighted by Gasteiger charge is -2.38. The Balaban J connectivity index is 1.44. The number of benzene rings is 2. The Morgan fingerprint density at radius 2 is 1.88 bits per heavy atom. The first kappa shape index (κ1) is 20.7. The number of hydrogen-bond donors (Lipinski definition) is 2. The van der Waals surface area contributed by atoms with Crippen LogP contribution < -0.4 is 10.2 Å². The summed E-state index contributed by atoms with van der Waals surface area (Å²) in [5, 5.41) is 14.7. The fourth-order valence-corrected chi connectivity index (χ4v) is 4.67. The molecule has 2 saturated heterocycles. The lowest BCUT2D eigenvalue weighted by molar-refractivity contribution is -0.134. The quantitative estimate of drug-likeness (QED) is 0.663. The second-order valence-electron chi connectivity index (χ2n) is 8.72. The number of hydrogen-bond acceptors (Lipinski definition) is 6. The molecule has 2 fully saturated rings. The summed E-state index contributed by atoms with van der Waals surface area (Å²) in [6.45, 7) is 5.78. The lowest BCUT2D eigenvalue weighted by atomic mass is 10.0. The predicted molar refractivity (Wildman–Crippen MR) is 126 cm³/mol. The SMILES string of the molecule is Cc1ccc2c(N3CCN(C(=O)[C@H]4CCCCN4)CC3)nc(-c3ccccc3O)nc2c1. The van der Waals surface area contributed by atoms with Gasteiger partial charge < -0.3 is 20.2 Å². The Hall–Kier alpha value is -3.19. The second-order valence-corrected chi connectivity index (χ2v) is 8.72. The standard InChI is InChI=1S/C25H29N5O2/c1-17-9-10-18-21(16-17)27-23(19-6-2-3-8-22(19)31)28-24(18)29-12-14-30(15-13-29)25(32)20-7-4-5-11-26-20/h2-3,6,8-10,16,20,26,31H,4-5,7,11-15H2,1H3/t20-/m1/s1. The highest BCUT2D eigenvalue weighted by Crippen LogP contribution is 2.32. The first-order valence-electron chi connectivity index (χ1n) is 11.4. The van der Waals surface area contributed by atoms with Crippen LogP contribution in [-0.4, -0.2) is 64.6 Å². The highest BCUT2D eigenvalue weighted by atomic mass is 16.3. The van der Waals surface area contributed by atoms with Crippen LogP contribution in [0.2, 0.25) is 0 Å². The Morgan fingerprint density at radius 1 is 1.06 bits per heavy atom. The van der Waals surface area contributed by atoms with Crippen molar-refractivity contribution in [2.45, 2.75) is 32.2 Å². The van der Waals surface area contributed by atoms with Gasteiger partial charge in [0, 0.05) is 31.6 Å². The maximum Gasteiger partial charge on any atom is 0.239 e. The van der Waals surface area contributed by atoms with Crippen molar-refractivity contribution < 1.29 is 9.90 Å². The van der Waals surface area contributed by atoms with E-state index in [1.807, 2.05) is 24.0 Å². The third kappa shape index (κ3) is 4.00. The van der Waals surface area contributed by atoms with E-state index in [0.717, 1.165) is 61.2 Å². The van der Waals surface area contributed by atoms with E-state index in [4.69, 9.17) is 9.97 Å². The van der Waals surface area contributed by atoms with Gasteiger partial charge in [-0.25, -0.2) is 9.97 Å². The van der Waals surface area contributed by atoms with Crippen LogP contribution in [0.4, 0.5) is 5.82 Å². The van der Waals surface area contributed by atoms with Gasteiger partial charge in [-0.15, -0.1) is 0 Å². The number of amides is 1. The Kier molecular flexibility index (Phi) is 5.66. The van der Waals surface area contributed by atoms with Crippen LogP contribution in [-0.2, 0) is 4.79 Å². The number of aromatic hydroxyl groups is 1. The van der Waals surface area contributed by atoms with Gasteiger partial charge >= 0.3 is 0 Å². The van der Waals surface area contributed by atoms with Crippen molar-refractivity contribution >= 4 is 22.6 Å². The minimum Gasteiger partial charge on any atom is -0.507 e. The van der Waals surface area contributed by atoms with Crippen LogP contribution in [0.5, 0.6) is 5.75 Å². The van der Waals surface area contributed by atoms with Crippen molar-refractivity contribution in [3.63, 3.8) is 0 Å². The molecule has 0 unspecified atom stereocenters. The number of aryl methyl sites for hydroxylation is 1. The van der Waals surface area contributed by atoms with Gasteiger partial charge in [0.25, 0.3) is 0 Å². The zero-order chi connectivity index (χ0) is 22.1. The Morgan fingerprint density at radius 3 is 2.62 bits per heavy atom. The number of piperidine rings is 1. The molecule has 0 spiro atoms. The van der Waals surface area contributed by atoms with Gasteiger partial charge in [-0.3, -0.25) is 4.79 Å². The molecule has 2 aliphatic rings. The molecule has 5 rings (SSSR count). The number of fused-ring (bicyclic) bond motifs is 1. The summed E-state index contributed by atoms with van der Waals surface area (Å²) in [5.41, 5.74) is 2.60. The van der Waals surface area contributed by atoms with Gasteiger partial charge in [0.05, 0.1) is 17.1 Å². The van der Waals surface area contributed by atoms with Gasteiger partial charge in [-0.05, 0) is 56.1 Å². The van der Waals surface area contributed by atoms with E-state index < -0.39 is 0 Å². The summed E-state index contributed by atoms with van der Waals surface area (Å²) in [4.78, 5) is 26.8. The van der Waals surface area contributed by atoms with Gasteiger partial charge in [0.1, 0.15) is 11.6 Å². The number of rotatable bonds is 3. The molecule has 7 nitrogen and oxygen atoms in total. The molecule has 0 aliphatic carbocycles. The fraction of sp³-hybridized carbons (Fsp3) is 0.400. The van der Waals surface area contributed by atoms with Crippen LogP contribution >= 0.6 is 0 Å². The minimum atomic E-state index is -0.0363. The number of anilines is 1. The van der Waals surface area contributed by atoms with E-state index in [1.165, 1.54) is 0 Å². The van der Waals surface area contributed by atoms with Crippen molar-refractivity contribution in [3.8, 4) is 17.1 Å². The summed E-state index contributed by atoms with van der Waals surface area (Å²) < 4.78 is 0. The van der Waals surface area contributed by atoms with Crippen LogP contribution in [0, 0.1) is 6.92 Å². The number of phenols is 1. The van der Waals surface area contributed by atoms with E-state index in [1.54, 1.807) is 12.1 Å². The van der Waals surface area contributed by atoms with Crippen molar-refractivity contribution in [3.05, 3.63) is 48.0 Å². The molecule has 0 radical (unpaired) electrons. The molecular formula is C25H29N5O2. The number of carbonyl (C=O) groups excluding carboxylic acids is 1. The van der Waals surface area contributed by atoms with Gasteiger partial charge in [-0.2, -0.15) is 0 Å².